The lowest BCUT2D eigenvalue weighted by Crippen LogP contribution is -2.06. The van der Waals surface area contributed by atoms with Crippen LogP contribution in [0.4, 0.5) is 0 Å². The average molecular weight is 294 g/mol. The number of ether oxygens (including phenoxy) is 1. The van der Waals surface area contributed by atoms with E-state index in [4.69, 9.17) is 4.74 Å². The molecule has 0 unspecified atom stereocenters. The first kappa shape index (κ1) is 18.3. The molecule has 2 heteroatoms. The van der Waals surface area contributed by atoms with Crippen LogP contribution in [0.2, 0.25) is 0 Å². The highest BCUT2D eigenvalue weighted by molar-refractivity contribution is 5.84. The Morgan fingerprint density at radius 1 is 0.810 bits per heavy atom. The molecule has 0 fully saturated rings. The maximum Gasteiger partial charge on any atom is 0.331 e. The zero-order chi connectivity index (χ0) is 15.2. The molecule has 21 heavy (non-hydrogen) atoms. The quantitative estimate of drug-likeness (QED) is 0.292. The number of carbonyl (C=O) groups excluding carboxylic acids is 1. The summed E-state index contributed by atoms with van der Waals surface area (Å²) in [5.41, 5.74) is 0. The Kier molecular flexibility index (Phi) is 11.2. The third-order valence-electron chi connectivity index (χ3n) is 4.31. The molecule has 122 valence electrons. The first-order chi connectivity index (χ1) is 10.3. The van der Waals surface area contributed by atoms with E-state index < -0.39 is 0 Å². The molecule has 0 aromatic carbocycles. The van der Waals surface area contributed by atoms with E-state index in [2.05, 4.69) is 6.92 Å². The van der Waals surface area contributed by atoms with Gasteiger partial charge in [0.2, 0.25) is 0 Å². The third-order valence-corrected chi connectivity index (χ3v) is 4.31. The monoisotopic (exact) mass is 294 g/mol. The Labute approximate surface area is 131 Å². The van der Waals surface area contributed by atoms with Gasteiger partial charge in [-0.25, -0.2) is 4.79 Å². The number of cyclic esters (lactones) is 1. The Hall–Kier alpha value is -0.790. The number of unbranched alkanes of at least 4 members (excludes halogenated alkanes) is 12. The van der Waals surface area contributed by atoms with E-state index in [9.17, 15) is 4.79 Å². The first-order valence-electron chi connectivity index (χ1n) is 9.21. The zero-order valence-corrected chi connectivity index (χ0v) is 13.9. The molecule has 1 aliphatic rings. The minimum Gasteiger partial charge on any atom is -0.455 e. The van der Waals surface area contributed by atoms with Crippen molar-refractivity contribution < 1.29 is 9.53 Å². The number of hydrogen-bond acceptors (Lipinski definition) is 2. The highest BCUT2D eigenvalue weighted by Gasteiger charge is 2.15. The van der Waals surface area contributed by atoms with Gasteiger partial charge in [-0.05, 0) is 18.9 Å². The van der Waals surface area contributed by atoms with E-state index >= 15 is 0 Å². The van der Waals surface area contributed by atoms with Crippen LogP contribution in [0.1, 0.15) is 96.8 Å². The van der Waals surface area contributed by atoms with Crippen molar-refractivity contribution in [1.82, 2.24) is 0 Å². The van der Waals surface area contributed by atoms with Crippen molar-refractivity contribution >= 4 is 5.97 Å². The van der Waals surface area contributed by atoms with Crippen LogP contribution in [0.25, 0.3) is 0 Å². The second-order valence-electron chi connectivity index (χ2n) is 6.37. The van der Waals surface area contributed by atoms with E-state index in [1.54, 1.807) is 6.08 Å². The highest BCUT2D eigenvalue weighted by atomic mass is 16.5. The van der Waals surface area contributed by atoms with Gasteiger partial charge in [-0.15, -0.1) is 0 Å². The van der Waals surface area contributed by atoms with Gasteiger partial charge in [-0.2, -0.15) is 0 Å². The zero-order valence-electron chi connectivity index (χ0n) is 13.9. The van der Waals surface area contributed by atoms with Gasteiger partial charge in [0.1, 0.15) is 6.10 Å². The number of carbonyl (C=O) groups is 1. The molecule has 0 bridgehead atoms. The number of rotatable bonds is 14. The standard InChI is InChI=1S/C19H34O2/c1-2-3-4-5-6-7-8-9-10-11-12-13-14-15-18-16-17-19(20)21-18/h16-18H,2-15H2,1H3/t18-/m0/s1. The first-order valence-corrected chi connectivity index (χ1v) is 9.21. The highest BCUT2D eigenvalue weighted by Crippen LogP contribution is 2.16. The summed E-state index contributed by atoms with van der Waals surface area (Å²) in [6, 6.07) is 0. The summed E-state index contributed by atoms with van der Waals surface area (Å²) in [4.78, 5) is 10.9. The van der Waals surface area contributed by atoms with Gasteiger partial charge < -0.3 is 4.74 Å². The van der Waals surface area contributed by atoms with Gasteiger partial charge in [-0.1, -0.05) is 84.0 Å². The summed E-state index contributed by atoms with van der Waals surface area (Å²) in [6.07, 6.45) is 22.4. The van der Waals surface area contributed by atoms with Crippen LogP contribution in [0.3, 0.4) is 0 Å². The van der Waals surface area contributed by atoms with E-state index in [1.165, 1.54) is 83.5 Å². The lowest BCUT2D eigenvalue weighted by Gasteiger charge is -2.07. The maximum atomic E-state index is 10.9. The van der Waals surface area contributed by atoms with Crippen molar-refractivity contribution in [3.05, 3.63) is 12.2 Å². The Balaban J connectivity index is 1.71. The van der Waals surface area contributed by atoms with Gasteiger partial charge in [0.25, 0.3) is 0 Å². The molecule has 0 saturated heterocycles. The summed E-state index contributed by atoms with van der Waals surface area (Å²) in [6.45, 7) is 2.27. The molecule has 0 aliphatic carbocycles. The van der Waals surface area contributed by atoms with Gasteiger partial charge in [0.05, 0.1) is 0 Å². The summed E-state index contributed by atoms with van der Waals surface area (Å²) in [7, 11) is 0. The van der Waals surface area contributed by atoms with Crippen LogP contribution in [0.5, 0.6) is 0 Å². The normalized spacial score (nSPS) is 17.4. The average Bonchev–Trinajstić information content (AvgIpc) is 2.89. The fraction of sp³-hybridized carbons (Fsp3) is 0.842. The molecule has 0 N–H and O–H groups in total. The summed E-state index contributed by atoms with van der Waals surface area (Å²) in [5, 5.41) is 0. The van der Waals surface area contributed by atoms with Crippen molar-refractivity contribution in [2.24, 2.45) is 0 Å². The Morgan fingerprint density at radius 2 is 1.29 bits per heavy atom. The second-order valence-corrected chi connectivity index (χ2v) is 6.37. The molecular weight excluding hydrogens is 260 g/mol. The molecule has 1 rings (SSSR count). The minimum absolute atomic E-state index is 0.0604. The number of hydrogen-bond donors (Lipinski definition) is 0. The van der Waals surface area contributed by atoms with Crippen molar-refractivity contribution in [3.8, 4) is 0 Å². The lowest BCUT2D eigenvalue weighted by atomic mass is 10.0. The molecule has 0 amide bonds. The SMILES string of the molecule is CCCCCCCCCCCCCCC[C@H]1C=CC(=O)O1. The molecule has 0 aromatic rings. The summed E-state index contributed by atoms with van der Waals surface area (Å²) < 4.78 is 5.12. The Morgan fingerprint density at radius 3 is 1.71 bits per heavy atom. The summed E-state index contributed by atoms with van der Waals surface area (Å²) in [5.74, 6) is -0.172. The van der Waals surface area contributed by atoms with Crippen molar-refractivity contribution in [3.63, 3.8) is 0 Å². The number of esters is 1. The van der Waals surface area contributed by atoms with Crippen LogP contribution in [-0.2, 0) is 9.53 Å². The molecule has 0 radical (unpaired) electrons. The van der Waals surface area contributed by atoms with E-state index in [-0.39, 0.29) is 12.1 Å². The molecule has 2 nitrogen and oxygen atoms in total. The van der Waals surface area contributed by atoms with E-state index in [0.717, 1.165) is 6.42 Å². The third kappa shape index (κ3) is 10.6. The van der Waals surface area contributed by atoms with Gasteiger partial charge in [0.15, 0.2) is 0 Å². The van der Waals surface area contributed by atoms with Gasteiger partial charge >= 0.3 is 5.97 Å². The summed E-state index contributed by atoms with van der Waals surface area (Å²) >= 11 is 0. The van der Waals surface area contributed by atoms with Crippen molar-refractivity contribution in [1.29, 1.82) is 0 Å². The van der Waals surface area contributed by atoms with Crippen LogP contribution in [-0.4, -0.2) is 12.1 Å². The molecule has 1 heterocycles. The topological polar surface area (TPSA) is 26.3 Å². The smallest absolute Gasteiger partial charge is 0.331 e. The molecular formula is C19H34O2. The molecule has 0 spiro atoms. The van der Waals surface area contributed by atoms with Crippen LogP contribution in [0, 0.1) is 0 Å². The maximum absolute atomic E-state index is 10.9. The van der Waals surface area contributed by atoms with E-state index in [1.807, 2.05) is 6.08 Å². The largest absolute Gasteiger partial charge is 0.455 e. The fourth-order valence-corrected chi connectivity index (χ4v) is 2.93. The van der Waals surface area contributed by atoms with E-state index in [0.29, 0.717) is 0 Å². The molecule has 0 aromatic heterocycles. The van der Waals surface area contributed by atoms with Gasteiger partial charge in [-0.3, -0.25) is 0 Å². The minimum atomic E-state index is -0.172. The predicted octanol–water partition coefficient (Wildman–Crippen LogP) is 5.95. The fourth-order valence-electron chi connectivity index (χ4n) is 2.93. The predicted molar refractivity (Wildman–Crippen MR) is 89.3 cm³/mol. The van der Waals surface area contributed by atoms with Crippen molar-refractivity contribution in [2.75, 3.05) is 0 Å². The molecule has 0 saturated carbocycles. The Bertz CT molecular complexity index is 283. The van der Waals surface area contributed by atoms with Crippen LogP contribution >= 0.6 is 0 Å². The molecule has 1 aliphatic heterocycles. The van der Waals surface area contributed by atoms with Crippen molar-refractivity contribution in [2.45, 2.75) is 103 Å². The van der Waals surface area contributed by atoms with Crippen LogP contribution < -0.4 is 0 Å². The second kappa shape index (κ2) is 12.9. The van der Waals surface area contributed by atoms with Gasteiger partial charge in [0, 0.05) is 6.08 Å². The van der Waals surface area contributed by atoms with Crippen LogP contribution in [0.15, 0.2) is 12.2 Å². The molecule has 1 atom stereocenters. The lowest BCUT2D eigenvalue weighted by molar-refractivity contribution is -0.138.